The quantitative estimate of drug-likeness (QED) is 0.925. The molecule has 2 heterocycles. The standard InChI is InChI=1S/C17H18FN3O2S/c1-21-10-12(5-6-15(21)22)16(23)20-17-19-9-14(24-17)8-11-3-2-4-13(18)7-11/h2-4,7,9,12H,5-6,8,10H2,1H3,(H,19,20,23). The number of hydrogen-bond acceptors (Lipinski definition) is 4. The Hall–Kier alpha value is -2.28. The van der Waals surface area contributed by atoms with Crippen LogP contribution in [-0.2, 0) is 16.0 Å². The Morgan fingerprint density at radius 2 is 2.33 bits per heavy atom. The fourth-order valence-electron chi connectivity index (χ4n) is 2.73. The summed E-state index contributed by atoms with van der Waals surface area (Å²) in [6.45, 7) is 0.437. The van der Waals surface area contributed by atoms with Crippen molar-refractivity contribution in [3.8, 4) is 0 Å². The Bertz CT molecular complexity index is 762. The van der Waals surface area contributed by atoms with Crippen molar-refractivity contribution in [1.29, 1.82) is 0 Å². The summed E-state index contributed by atoms with van der Waals surface area (Å²) in [7, 11) is 1.71. The zero-order valence-corrected chi connectivity index (χ0v) is 14.1. The van der Waals surface area contributed by atoms with Crippen LogP contribution < -0.4 is 5.32 Å². The zero-order valence-electron chi connectivity index (χ0n) is 13.3. The summed E-state index contributed by atoms with van der Waals surface area (Å²) in [6, 6.07) is 6.44. The Balaban J connectivity index is 1.59. The Kier molecular flexibility index (Phi) is 4.89. The van der Waals surface area contributed by atoms with E-state index in [1.54, 1.807) is 24.2 Å². The Morgan fingerprint density at radius 3 is 3.08 bits per heavy atom. The molecular weight excluding hydrogens is 329 g/mol. The maximum Gasteiger partial charge on any atom is 0.231 e. The third kappa shape index (κ3) is 3.97. The molecule has 1 unspecified atom stereocenters. The molecule has 7 heteroatoms. The predicted molar refractivity (Wildman–Crippen MR) is 90.3 cm³/mol. The number of rotatable bonds is 4. The number of aromatic nitrogens is 1. The maximum atomic E-state index is 13.2. The summed E-state index contributed by atoms with van der Waals surface area (Å²) in [5.74, 6) is -0.503. The predicted octanol–water partition coefficient (Wildman–Crippen LogP) is 2.68. The topological polar surface area (TPSA) is 62.3 Å². The summed E-state index contributed by atoms with van der Waals surface area (Å²) in [5, 5.41) is 3.35. The van der Waals surface area contributed by atoms with Crippen LogP contribution in [0.1, 0.15) is 23.3 Å². The maximum absolute atomic E-state index is 13.2. The molecule has 1 atom stereocenters. The number of hydrogen-bond donors (Lipinski definition) is 1. The highest BCUT2D eigenvalue weighted by Crippen LogP contribution is 2.23. The van der Waals surface area contributed by atoms with Crippen LogP contribution in [-0.4, -0.2) is 35.3 Å². The molecule has 2 aromatic rings. The third-order valence-electron chi connectivity index (χ3n) is 4.05. The van der Waals surface area contributed by atoms with E-state index in [1.165, 1.54) is 23.5 Å². The first-order chi connectivity index (χ1) is 11.5. The number of nitrogens with one attached hydrogen (secondary N) is 1. The summed E-state index contributed by atoms with van der Waals surface area (Å²) in [4.78, 5) is 30.5. The molecule has 0 aliphatic carbocycles. The molecule has 1 fully saturated rings. The van der Waals surface area contributed by atoms with Crippen molar-refractivity contribution in [1.82, 2.24) is 9.88 Å². The van der Waals surface area contributed by atoms with E-state index in [4.69, 9.17) is 0 Å². The van der Waals surface area contributed by atoms with Gasteiger partial charge >= 0.3 is 0 Å². The van der Waals surface area contributed by atoms with Gasteiger partial charge in [0.25, 0.3) is 0 Å². The van der Waals surface area contributed by atoms with Crippen molar-refractivity contribution in [2.24, 2.45) is 5.92 Å². The number of halogens is 1. The first kappa shape index (κ1) is 16.6. The van der Waals surface area contributed by atoms with Gasteiger partial charge in [-0.2, -0.15) is 0 Å². The Labute approximate surface area is 143 Å². The molecular formula is C17H18FN3O2S. The van der Waals surface area contributed by atoms with Gasteiger partial charge in [0, 0.05) is 37.5 Å². The van der Waals surface area contributed by atoms with Crippen LogP contribution in [0, 0.1) is 11.7 Å². The van der Waals surface area contributed by atoms with Crippen molar-refractivity contribution in [2.45, 2.75) is 19.3 Å². The second-order valence-corrected chi connectivity index (χ2v) is 7.05. The van der Waals surface area contributed by atoms with Gasteiger partial charge in [-0.3, -0.25) is 9.59 Å². The lowest BCUT2D eigenvalue weighted by Gasteiger charge is -2.28. The second-order valence-electron chi connectivity index (χ2n) is 5.94. The fraction of sp³-hybridized carbons (Fsp3) is 0.353. The van der Waals surface area contributed by atoms with E-state index in [0.29, 0.717) is 30.9 Å². The van der Waals surface area contributed by atoms with Gasteiger partial charge in [0.05, 0.1) is 5.92 Å². The first-order valence-electron chi connectivity index (χ1n) is 7.75. The summed E-state index contributed by atoms with van der Waals surface area (Å²) >= 11 is 1.38. The first-order valence-corrected chi connectivity index (χ1v) is 8.57. The number of carbonyl (C=O) groups excluding carboxylic acids is 2. The molecule has 1 aromatic heterocycles. The molecule has 1 aliphatic heterocycles. The van der Waals surface area contributed by atoms with Gasteiger partial charge in [-0.15, -0.1) is 11.3 Å². The molecule has 24 heavy (non-hydrogen) atoms. The highest BCUT2D eigenvalue weighted by atomic mass is 32.1. The third-order valence-corrected chi connectivity index (χ3v) is 4.96. The molecule has 2 amide bonds. The van der Waals surface area contributed by atoms with Crippen LogP contribution >= 0.6 is 11.3 Å². The van der Waals surface area contributed by atoms with Gasteiger partial charge in [0.1, 0.15) is 5.82 Å². The van der Waals surface area contributed by atoms with E-state index in [0.717, 1.165) is 10.4 Å². The van der Waals surface area contributed by atoms with Crippen molar-refractivity contribution in [3.63, 3.8) is 0 Å². The van der Waals surface area contributed by atoms with E-state index in [-0.39, 0.29) is 23.5 Å². The molecule has 3 rings (SSSR count). The molecule has 5 nitrogen and oxygen atoms in total. The molecule has 1 saturated heterocycles. The molecule has 1 aromatic carbocycles. The zero-order chi connectivity index (χ0) is 17.1. The van der Waals surface area contributed by atoms with E-state index < -0.39 is 0 Å². The highest BCUT2D eigenvalue weighted by molar-refractivity contribution is 7.15. The van der Waals surface area contributed by atoms with Crippen molar-refractivity contribution in [3.05, 3.63) is 46.7 Å². The van der Waals surface area contributed by atoms with Crippen molar-refractivity contribution < 1.29 is 14.0 Å². The van der Waals surface area contributed by atoms with Crippen LogP contribution in [0.2, 0.25) is 0 Å². The van der Waals surface area contributed by atoms with E-state index in [2.05, 4.69) is 10.3 Å². The average molecular weight is 347 g/mol. The second kappa shape index (κ2) is 7.09. The summed E-state index contributed by atoms with van der Waals surface area (Å²) in [5.41, 5.74) is 0.865. The highest BCUT2D eigenvalue weighted by Gasteiger charge is 2.28. The molecule has 1 aliphatic rings. The van der Waals surface area contributed by atoms with Crippen molar-refractivity contribution in [2.75, 3.05) is 18.9 Å². The van der Waals surface area contributed by atoms with Gasteiger partial charge in [0.15, 0.2) is 5.13 Å². The fourth-order valence-corrected chi connectivity index (χ4v) is 3.58. The number of carbonyl (C=O) groups is 2. The van der Waals surface area contributed by atoms with Crippen LogP contribution in [0.4, 0.5) is 9.52 Å². The largest absolute Gasteiger partial charge is 0.345 e. The minimum Gasteiger partial charge on any atom is -0.345 e. The van der Waals surface area contributed by atoms with Gasteiger partial charge in [-0.25, -0.2) is 9.37 Å². The summed E-state index contributed by atoms with van der Waals surface area (Å²) < 4.78 is 13.2. The molecule has 0 bridgehead atoms. The SMILES string of the molecule is CN1CC(C(=O)Nc2ncc(Cc3cccc(F)c3)s2)CCC1=O. The van der Waals surface area contributed by atoms with Crippen LogP contribution in [0.3, 0.4) is 0 Å². The molecule has 126 valence electrons. The summed E-state index contributed by atoms with van der Waals surface area (Å²) in [6.07, 6.45) is 3.24. The van der Waals surface area contributed by atoms with E-state index >= 15 is 0 Å². The smallest absolute Gasteiger partial charge is 0.231 e. The average Bonchev–Trinajstić information content (AvgIpc) is 2.97. The number of thiazole rings is 1. The molecule has 0 saturated carbocycles. The van der Waals surface area contributed by atoms with Crippen LogP contribution in [0.25, 0.3) is 0 Å². The minimum atomic E-state index is -0.262. The minimum absolute atomic E-state index is 0.0747. The monoisotopic (exact) mass is 347 g/mol. The number of anilines is 1. The Morgan fingerprint density at radius 1 is 1.50 bits per heavy atom. The van der Waals surface area contributed by atoms with Crippen LogP contribution in [0.5, 0.6) is 0 Å². The normalized spacial score (nSPS) is 17.8. The number of piperidine rings is 1. The van der Waals surface area contributed by atoms with Gasteiger partial charge in [0.2, 0.25) is 11.8 Å². The lowest BCUT2D eigenvalue weighted by Crippen LogP contribution is -2.41. The van der Waals surface area contributed by atoms with Crippen LogP contribution in [0.15, 0.2) is 30.5 Å². The number of amides is 2. The number of likely N-dealkylation sites (tertiary alicyclic amines) is 1. The molecule has 0 radical (unpaired) electrons. The number of nitrogens with zero attached hydrogens (tertiary/aromatic N) is 2. The van der Waals surface area contributed by atoms with E-state index in [9.17, 15) is 14.0 Å². The lowest BCUT2D eigenvalue weighted by molar-refractivity contribution is -0.135. The molecule has 0 spiro atoms. The van der Waals surface area contributed by atoms with Crippen molar-refractivity contribution >= 4 is 28.3 Å². The van der Waals surface area contributed by atoms with E-state index in [1.807, 2.05) is 6.07 Å². The number of benzene rings is 1. The lowest BCUT2D eigenvalue weighted by atomic mass is 9.97. The van der Waals surface area contributed by atoms with Gasteiger partial charge in [-0.1, -0.05) is 12.1 Å². The van der Waals surface area contributed by atoms with Gasteiger partial charge < -0.3 is 10.2 Å². The van der Waals surface area contributed by atoms with Gasteiger partial charge in [-0.05, 0) is 24.1 Å². The molecule has 1 N–H and O–H groups in total.